The lowest BCUT2D eigenvalue weighted by Crippen LogP contribution is -2.58. The second-order valence-electron chi connectivity index (χ2n) is 8.08. The number of amides is 2. The van der Waals surface area contributed by atoms with Crippen LogP contribution in [0, 0.1) is 5.92 Å². The zero-order chi connectivity index (χ0) is 22.7. The Labute approximate surface area is 191 Å². The highest BCUT2D eigenvalue weighted by atomic mass is 32.2. The van der Waals surface area contributed by atoms with Crippen LogP contribution in [0.4, 0.5) is 4.79 Å². The van der Waals surface area contributed by atoms with Crippen LogP contribution in [0.5, 0.6) is 0 Å². The molecule has 0 bridgehead atoms. The minimum absolute atomic E-state index is 0.0554. The van der Waals surface area contributed by atoms with Crippen molar-refractivity contribution in [2.24, 2.45) is 5.92 Å². The first-order chi connectivity index (χ1) is 15.5. The van der Waals surface area contributed by atoms with Gasteiger partial charge in [-0.3, -0.25) is 9.59 Å². The Hall–Kier alpha value is -3.00. The number of ether oxygens (including phenoxy) is 1. The molecule has 2 N–H and O–H groups in total. The molecule has 0 radical (unpaired) electrons. The first-order valence-corrected chi connectivity index (χ1v) is 12.0. The molecule has 32 heavy (non-hydrogen) atoms. The average Bonchev–Trinajstić information content (AvgIpc) is 3.07. The van der Waals surface area contributed by atoms with Crippen molar-refractivity contribution in [1.29, 1.82) is 0 Å². The predicted octanol–water partition coefficient (Wildman–Crippen LogP) is 3.19. The number of carboxylic acids is 1. The quantitative estimate of drug-likeness (QED) is 0.636. The number of carbonyl (C=O) groups excluding carboxylic acids is 2. The molecule has 4 rings (SSSR count). The van der Waals surface area contributed by atoms with Gasteiger partial charge in [-0.15, -0.1) is 0 Å². The SMILES string of the molecule is CSCCC(NC(=O)OCC1c2ccccc2-c2ccccc21)C(=O)N1CC(C(=O)O)C1. The molecule has 2 amide bonds. The van der Waals surface area contributed by atoms with Crippen LogP contribution >= 0.6 is 11.8 Å². The van der Waals surface area contributed by atoms with Gasteiger partial charge >= 0.3 is 12.1 Å². The molecule has 2 aromatic rings. The van der Waals surface area contributed by atoms with Gasteiger partial charge in [0.05, 0.1) is 5.92 Å². The number of alkyl carbamates (subject to hydrolysis) is 1. The highest BCUT2D eigenvalue weighted by Gasteiger charge is 2.39. The summed E-state index contributed by atoms with van der Waals surface area (Å²) >= 11 is 1.58. The third kappa shape index (κ3) is 4.46. The lowest BCUT2D eigenvalue weighted by atomic mass is 9.98. The molecule has 1 atom stereocenters. The van der Waals surface area contributed by atoms with Gasteiger partial charge in [-0.25, -0.2) is 4.79 Å². The van der Waals surface area contributed by atoms with Crippen molar-refractivity contribution >= 4 is 29.7 Å². The molecular weight excluding hydrogens is 428 g/mol. The Morgan fingerprint density at radius 3 is 2.25 bits per heavy atom. The Balaban J connectivity index is 1.39. The number of nitrogens with one attached hydrogen (secondary N) is 1. The van der Waals surface area contributed by atoms with Crippen LogP contribution < -0.4 is 5.32 Å². The zero-order valence-electron chi connectivity index (χ0n) is 17.8. The molecule has 1 aliphatic heterocycles. The van der Waals surface area contributed by atoms with E-state index in [1.807, 2.05) is 30.5 Å². The highest BCUT2D eigenvalue weighted by molar-refractivity contribution is 7.98. The second kappa shape index (κ2) is 9.65. The van der Waals surface area contributed by atoms with E-state index in [0.717, 1.165) is 22.3 Å². The number of hydrogen-bond acceptors (Lipinski definition) is 5. The number of aliphatic carboxylic acids is 1. The predicted molar refractivity (Wildman–Crippen MR) is 123 cm³/mol. The minimum Gasteiger partial charge on any atom is -0.481 e. The number of nitrogens with zero attached hydrogens (tertiary/aromatic N) is 1. The topological polar surface area (TPSA) is 95.9 Å². The van der Waals surface area contributed by atoms with Crippen LogP contribution in [-0.2, 0) is 14.3 Å². The van der Waals surface area contributed by atoms with E-state index in [2.05, 4.69) is 29.6 Å². The summed E-state index contributed by atoms with van der Waals surface area (Å²) < 4.78 is 5.57. The number of hydrogen-bond donors (Lipinski definition) is 2. The molecule has 0 saturated carbocycles. The molecule has 8 heteroatoms. The molecular formula is C24H26N2O5S. The molecule has 1 heterocycles. The summed E-state index contributed by atoms with van der Waals surface area (Å²) in [5.74, 6) is -1.06. The van der Waals surface area contributed by atoms with E-state index in [0.29, 0.717) is 12.2 Å². The zero-order valence-corrected chi connectivity index (χ0v) is 18.6. The summed E-state index contributed by atoms with van der Waals surface area (Å²) in [6.07, 6.45) is 1.75. The van der Waals surface area contributed by atoms with Crippen molar-refractivity contribution in [2.45, 2.75) is 18.4 Å². The van der Waals surface area contributed by atoms with Crippen LogP contribution in [0.3, 0.4) is 0 Å². The van der Waals surface area contributed by atoms with Gasteiger partial charge < -0.3 is 20.1 Å². The second-order valence-corrected chi connectivity index (χ2v) is 9.07. The summed E-state index contributed by atoms with van der Waals surface area (Å²) in [6, 6.07) is 15.5. The van der Waals surface area contributed by atoms with Crippen molar-refractivity contribution in [3.63, 3.8) is 0 Å². The Bertz CT molecular complexity index is 975. The van der Waals surface area contributed by atoms with E-state index in [9.17, 15) is 14.4 Å². The Morgan fingerprint density at radius 2 is 1.69 bits per heavy atom. The molecule has 2 aromatic carbocycles. The molecule has 2 aliphatic rings. The van der Waals surface area contributed by atoms with Crippen molar-refractivity contribution < 1.29 is 24.2 Å². The van der Waals surface area contributed by atoms with E-state index in [1.165, 1.54) is 4.90 Å². The molecule has 0 spiro atoms. The monoisotopic (exact) mass is 454 g/mol. The molecule has 0 aromatic heterocycles. The largest absolute Gasteiger partial charge is 0.481 e. The van der Waals surface area contributed by atoms with Crippen molar-refractivity contribution in [3.8, 4) is 11.1 Å². The number of carboxylic acid groups (broad SMARTS) is 1. The fraction of sp³-hybridized carbons (Fsp3) is 0.375. The van der Waals surface area contributed by atoms with Crippen molar-refractivity contribution in [3.05, 3.63) is 59.7 Å². The fourth-order valence-electron chi connectivity index (χ4n) is 4.31. The standard InChI is InChI=1S/C24H26N2O5S/c1-32-11-10-21(22(27)26-12-15(13-26)23(28)29)25-24(30)31-14-20-18-8-4-2-6-16(18)17-7-3-5-9-19(17)20/h2-9,15,20-21H,10-14H2,1H3,(H,25,30)(H,28,29). The molecule has 1 saturated heterocycles. The summed E-state index contributed by atoms with van der Waals surface area (Å²) in [5, 5.41) is 11.7. The van der Waals surface area contributed by atoms with Crippen molar-refractivity contribution in [2.75, 3.05) is 31.7 Å². The van der Waals surface area contributed by atoms with Crippen LogP contribution in [0.2, 0.25) is 0 Å². The number of fused-ring (bicyclic) bond motifs is 3. The lowest BCUT2D eigenvalue weighted by molar-refractivity contribution is -0.153. The molecule has 168 valence electrons. The first kappa shape index (κ1) is 22.2. The fourth-order valence-corrected chi connectivity index (χ4v) is 4.78. The van der Waals surface area contributed by atoms with Gasteiger partial charge in [0, 0.05) is 19.0 Å². The molecule has 1 aliphatic carbocycles. The number of rotatable bonds is 8. The number of benzene rings is 2. The average molecular weight is 455 g/mol. The van der Waals surface area contributed by atoms with E-state index >= 15 is 0 Å². The van der Waals surface area contributed by atoms with E-state index in [-0.39, 0.29) is 31.5 Å². The Kier molecular flexibility index (Phi) is 6.69. The Morgan fingerprint density at radius 1 is 1.09 bits per heavy atom. The summed E-state index contributed by atoms with van der Waals surface area (Å²) in [7, 11) is 0. The van der Waals surface area contributed by atoms with E-state index in [4.69, 9.17) is 9.84 Å². The third-order valence-corrected chi connectivity index (χ3v) is 6.73. The van der Waals surface area contributed by atoms with Gasteiger partial charge in [-0.1, -0.05) is 48.5 Å². The van der Waals surface area contributed by atoms with Gasteiger partial charge in [0.15, 0.2) is 0 Å². The maximum atomic E-state index is 12.8. The molecule has 7 nitrogen and oxygen atoms in total. The number of thioether (sulfide) groups is 1. The smallest absolute Gasteiger partial charge is 0.407 e. The molecule has 1 unspecified atom stereocenters. The van der Waals surface area contributed by atoms with Crippen LogP contribution in [0.15, 0.2) is 48.5 Å². The van der Waals surface area contributed by atoms with Crippen LogP contribution in [0.1, 0.15) is 23.5 Å². The normalized spacial score (nSPS) is 16.0. The lowest BCUT2D eigenvalue weighted by Gasteiger charge is -2.38. The van der Waals surface area contributed by atoms with Gasteiger partial charge in [-0.05, 0) is 40.7 Å². The van der Waals surface area contributed by atoms with Crippen LogP contribution in [0.25, 0.3) is 11.1 Å². The van der Waals surface area contributed by atoms with E-state index in [1.54, 1.807) is 11.8 Å². The maximum absolute atomic E-state index is 12.8. The van der Waals surface area contributed by atoms with Gasteiger partial charge in [0.2, 0.25) is 5.91 Å². The number of carbonyl (C=O) groups is 3. The third-order valence-electron chi connectivity index (χ3n) is 6.09. The van der Waals surface area contributed by atoms with Gasteiger partial charge in [0.1, 0.15) is 12.6 Å². The highest BCUT2D eigenvalue weighted by Crippen LogP contribution is 2.44. The molecule has 1 fully saturated rings. The first-order valence-electron chi connectivity index (χ1n) is 10.6. The minimum atomic E-state index is -0.904. The van der Waals surface area contributed by atoms with E-state index < -0.39 is 24.0 Å². The van der Waals surface area contributed by atoms with Gasteiger partial charge in [-0.2, -0.15) is 11.8 Å². The summed E-state index contributed by atoms with van der Waals surface area (Å²) in [5.41, 5.74) is 4.54. The summed E-state index contributed by atoms with van der Waals surface area (Å²) in [6.45, 7) is 0.528. The van der Waals surface area contributed by atoms with Crippen molar-refractivity contribution in [1.82, 2.24) is 10.2 Å². The number of likely N-dealkylation sites (tertiary alicyclic amines) is 1. The summed E-state index contributed by atoms with van der Waals surface area (Å²) in [4.78, 5) is 37.9. The van der Waals surface area contributed by atoms with Gasteiger partial charge in [0.25, 0.3) is 0 Å². The van der Waals surface area contributed by atoms with Crippen LogP contribution in [-0.4, -0.2) is 65.7 Å². The maximum Gasteiger partial charge on any atom is 0.407 e.